The second-order valence-electron chi connectivity index (χ2n) is 3.70. The van der Waals surface area contributed by atoms with Gasteiger partial charge in [0.15, 0.2) is 0 Å². The van der Waals surface area contributed by atoms with Crippen molar-refractivity contribution in [1.29, 1.82) is 0 Å². The smallest absolute Gasteiger partial charge is 0.0701 e. The fourth-order valence-electron chi connectivity index (χ4n) is 1.17. The van der Waals surface area contributed by atoms with Crippen LogP contribution in [0.1, 0.15) is 25.7 Å². The summed E-state index contributed by atoms with van der Waals surface area (Å²) in [6.45, 7) is 5.50. The average Bonchev–Trinajstić information content (AvgIpc) is 2.98. The van der Waals surface area contributed by atoms with Gasteiger partial charge in [-0.1, -0.05) is 0 Å². The number of aliphatic hydroxyl groups is 2. The van der Waals surface area contributed by atoms with E-state index in [2.05, 4.69) is 0 Å². The van der Waals surface area contributed by atoms with Crippen LogP contribution in [-0.2, 0) is 14.2 Å². The van der Waals surface area contributed by atoms with Crippen molar-refractivity contribution in [2.75, 3.05) is 52.9 Å². The highest BCUT2D eigenvalue weighted by molar-refractivity contribution is 4.43. The molecule has 0 saturated carbocycles. The van der Waals surface area contributed by atoms with Gasteiger partial charge in [0.2, 0.25) is 0 Å². The molecular formula is C12H26O5. The molecule has 104 valence electrons. The molecule has 0 aromatic heterocycles. The van der Waals surface area contributed by atoms with Crippen molar-refractivity contribution >= 4 is 0 Å². The summed E-state index contributed by atoms with van der Waals surface area (Å²) >= 11 is 0. The van der Waals surface area contributed by atoms with E-state index >= 15 is 0 Å². The summed E-state index contributed by atoms with van der Waals surface area (Å²) in [5, 5.41) is 16.2. The molecule has 0 aliphatic carbocycles. The van der Waals surface area contributed by atoms with Crippen LogP contribution in [0.15, 0.2) is 0 Å². The Kier molecular flexibility index (Phi) is 15.6. The van der Waals surface area contributed by atoms with Gasteiger partial charge in [-0.25, -0.2) is 0 Å². The van der Waals surface area contributed by atoms with Crippen LogP contribution >= 0.6 is 0 Å². The third kappa shape index (κ3) is 15.8. The number of aliphatic hydroxyl groups excluding tert-OH is 2. The minimum Gasteiger partial charge on any atom is -0.396 e. The van der Waals surface area contributed by atoms with Gasteiger partial charge < -0.3 is 24.4 Å². The number of hydrogen-bond acceptors (Lipinski definition) is 5. The van der Waals surface area contributed by atoms with Crippen molar-refractivity contribution in [2.24, 2.45) is 0 Å². The third-order valence-electron chi connectivity index (χ3n) is 2.14. The van der Waals surface area contributed by atoms with Crippen LogP contribution in [0.4, 0.5) is 0 Å². The van der Waals surface area contributed by atoms with Crippen molar-refractivity contribution < 1.29 is 24.4 Å². The molecule has 0 aromatic carbocycles. The van der Waals surface area contributed by atoms with Crippen LogP contribution in [-0.4, -0.2) is 63.1 Å². The lowest BCUT2D eigenvalue weighted by molar-refractivity contribution is -0.0334. The van der Waals surface area contributed by atoms with Gasteiger partial charge in [-0.2, -0.15) is 0 Å². The van der Waals surface area contributed by atoms with Gasteiger partial charge in [-0.15, -0.1) is 0 Å². The molecule has 0 amide bonds. The minimum absolute atomic E-state index is 0.195. The van der Waals surface area contributed by atoms with E-state index in [9.17, 15) is 0 Å². The second-order valence-corrected chi connectivity index (χ2v) is 3.70. The molecular weight excluding hydrogens is 224 g/mol. The molecule has 2 rings (SSSR count). The van der Waals surface area contributed by atoms with Gasteiger partial charge in [0.25, 0.3) is 0 Å². The molecule has 17 heavy (non-hydrogen) atoms. The maximum Gasteiger partial charge on any atom is 0.0701 e. The number of rotatable bonds is 3. The zero-order chi connectivity index (χ0) is 12.6. The van der Waals surface area contributed by atoms with Gasteiger partial charge in [-0.05, 0) is 25.7 Å². The van der Waals surface area contributed by atoms with Gasteiger partial charge in [0.05, 0.1) is 26.4 Å². The number of ether oxygens (including phenoxy) is 3. The highest BCUT2D eigenvalue weighted by Gasteiger charge is 1.95. The standard InChI is InChI=1S/C4H8O2.C4H10O2.C4H8O/c1-2-6-4-3-5-1;5-3-1-2-4-6;1-2-4-5-3-1/h1-4H2;5-6H,1-4H2;1-4H2. The van der Waals surface area contributed by atoms with Crippen LogP contribution in [0, 0.1) is 0 Å². The molecule has 0 radical (unpaired) electrons. The van der Waals surface area contributed by atoms with E-state index in [0.29, 0.717) is 0 Å². The fourth-order valence-corrected chi connectivity index (χ4v) is 1.17. The molecule has 5 nitrogen and oxygen atoms in total. The largest absolute Gasteiger partial charge is 0.396 e. The fraction of sp³-hybridized carbons (Fsp3) is 1.00. The van der Waals surface area contributed by atoms with E-state index < -0.39 is 0 Å². The molecule has 0 unspecified atom stereocenters. The molecule has 2 N–H and O–H groups in total. The molecule has 2 fully saturated rings. The predicted octanol–water partition coefficient (Wildman–Crippen LogP) is 0.581. The Morgan fingerprint density at radius 2 is 0.941 bits per heavy atom. The molecule has 2 aliphatic rings. The van der Waals surface area contributed by atoms with Crippen LogP contribution in [0.25, 0.3) is 0 Å². The molecule has 2 aliphatic heterocycles. The Labute approximate surface area is 104 Å². The van der Waals surface area contributed by atoms with Crippen LogP contribution in [0.2, 0.25) is 0 Å². The summed E-state index contributed by atoms with van der Waals surface area (Å²) in [6, 6.07) is 0. The van der Waals surface area contributed by atoms with Gasteiger partial charge in [0, 0.05) is 26.4 Å². The monoisotopic (exact) mass is 250 g/mol. The lowest BCUT2D eigenvalue weighted by Gasteiger charge is -2.09. The Balaban J connectivity index is 0.000000227. The maximum absolute atomic E-state index is 8.09. The minimum atomic E-state index is 0.195. The average molecular weight is 250 g/mol. The molecule has 5 heteroatoms. The Hall–Kier alpha value is -0.200. The molecule has 0 spiro atoms. The first-order valence-corrected chi connectivity index (χ1v) is 6.36. The van der Waals surface area contributed by atoms with Crippen LogP contribution in [0.5, 0.6) is 0 Å². The van der Waals surface area contributed by atoms with Crippen molar-refractivity contribution in [2.45, 2.75) is 25.7 Å². The number of hydrogen-bond donors (Lipinski definition) is 2. The van der Waals surface area contributed by atoms with Gasteiger partial charge in [-0.3, -0.25) is 0 Å². The first-order valence-electron chi connectivity index (χ1n) is 6.36. The molecule has 0 atom stereocenters. The first-order chi connectivity index (χ1) is 8.41. The van der Waals surface area contributed by atoms with E-state index in [0.717, 1.165) is 52.5 Å². The molecule has 2 saturated heterocycles. The summed E-state index contributed by atoms with van der Waals surface area (Å²) in [4.78, 5) is 0. The lowest BCUT2D eigenvalue weighted by atomic mass is 10.3. The topological polar surface area (TPSA) is 68.2 Å². The molecule has 0 aromatic rings. The summed E-state index contributed by atoms with van der Waals surface area (Å²) < 4.78 is 14.8. The Bertz CT molecular complexity index is 101. The summed E-state index contributed by atoms with van der Waals surface area (Å²) in [5.74, 6) is 0. The molecule has 2 heterocycles. The zero-order valence-electron chi connectivity index (χ0n) is 10.6. The predicted molar refractivity (Wildman–Crippen MR) is 65.1 cm³/mol. The Morgan fingerprint density at radius 1 is 0.588 bits per heavy atom. The highest BCUT2D eigenvalue weighted by Crippen LogP contribution is 1.98. The van der Waals surface area contributed by atoms with E-state index in [4.69, 9.17) is 24.4 Å². The summed E-state index contributed by atoms with van der Waals surface area (Å²) in [7, 11) is 0. The second kappa shape index (κ2) is 15.8. The summed E-state index contributed by atoms with van der Waals surface area (Å²) in [5.41, 5.74) is 0. The molecule has 0 bridgehead atoms. The van der Waals surface area contributed by atoms with E-state index in [1.807, 2.05) is 0 Å². The highest BCUT2D eigenvalue weighted by atomic mass is 16.6. The van der Waals surface area contributed by atoms with Crippen molar-refractivity contribution in [3.8, 4) is 0 Å². The maximum atomic E-state index is 8.09. The SMILES string of the molecule is C1CCOC1.C1COCCO1.OCCCCO. The third-order valence-corrected chi connectivity index (χ3v) is 2.14. The van der Waals surface area contributed by atoms with E-state index in [1.165, 1.54) is 12.8 Å². The quantitative estimate of drug-likeness (QED) is 0.717. The van der Waals surface area contributed by atoms with Gasteiger partial charge in [0.1, 0.15) is 0 Å². The van der Waals surface area contributed by atoms with Crippen LogP contribution in [0.3, 0.4) is 0 Å². The first kappa shape index (κ1) is 16.8. The van der Waals surface area contributed by atoms with E-state index in [-0.39, 0.29) is 13.2 Å². The number of unbranched alkanes of at least 4 members (excludes halogenated alkanes) is 1. The van der Waals surface area contributed by atoms with Crippen molar-refractivity contribution in [3.63, 3.8) is 0 Å². The van der Waals surface area contributed by atoms with Crippen molar-refractivity contribution in [1.82, 2.24) is 0 Å². The van der Waals surface area contributed by atoms with Crippen molar-refractivity contribution in [3.05, 3.63) is 0 Å². The zero-order valence-corrected chi connectivity index (χ0v) is 10.6. The van der Waals surface area contributed by atoms with Crippen LogP contribution < -0.4 is 0 Å². The van der Waals surface area contributed by atoms with Gasteiger partial charge >= 0.3 is 0 Å². The summed E-state index contributed by atoms with van der Waals surface area (Å²) in [6.07, 6.45) is 3.99. The van der Waals surface area contributed by atoms with E-state index in [1.54, 1.807) is 0 Å². The Morgan fingerprint density at radius 3 is 1.12 bits per heavy atom. The lowest BCUT2D eigenvalue weighted by Crippen LogP contribution is -2.16. The normalized spacial score (nSPS) is 18.7.